The molecule has 1 aliphatic heterocycles. The highest BCUT2D eigenvalue weighted by Crippen LogP contribution is 2.41. The van der Waals surface area contributed by atoms with Crippen molar-refractivity contribution in [2.45, 2.75) is 116 Å². The molecule has 41 heavy (non-hydrogen) atoms. The van der Waals surface area contributed by atoms with Crippen LogP contribution in [0, 0.1) is 5.92 Å². The normalized spacial score (nSPS) is 22.0. The predicted octanol–water partition coefficient (Wildman–Crippen LogP) is 5.19. The first-order chi connectivity index (χ1) is 19.1. The summed E-state index contributed by atoms with van der Waals surface area (Å²) < 4.78 is 27.6. The molecule has 0 aliphatic carbocycles. The molecule has 2 N–H and O–H groups in total. The van der Waals surface area contributed by atoms with Gasteiger partial charge < -0.3 is 23.1 Å². The molecule has 2 aromatic heterocycles. The van der Waals surface area contributed by atoms with E-state index in [1.807, 2.05) is 0 Å². The van der Waals surface area contributed by atoms with Crippen LogP contribution in [0.5, 0.6) is 0 Å². The van der Waals surface area contributed by atoms with Crippen LogP contribution in [-0.4, -0.2) is 80.2 Å². The molecule has 4 atom stereocenters. The molecule has 1 fully saturated rings. The Morgan fingerprint density at radius 1 is 1.12 bits per heavy atom. The molecule has 1 aliphatic rings. The molecule has 11 nitrogen and oxygen atoms in total. The van der Waals surface area contributed by atoms with Gasteiger partial charge in [0.1, 0.15) is 23.8 Å². The Bertz CT molecular complexity index is 1160. The third-order valence-electron chi connectivity index (χ3n) is 7.74. The highest BCUT2D eigenvalue weighted by molar-refractivity contribution is 6.70. The zero-order valence-electron chi connectivity index (χ0n) is 26.2. The van der Waals surface area contributed by atoms with Crippen molar-refractivity contribution in [2.75, 3.05) is 19.0 Å². The second kappa shape index (κ2) is 13.9. The van der Waals surface area contributed by atoms with E-state index in [0.29, 0.717) is 22.2 Å². The minimum Gasteiger partial charge on any atom is -0.417 e. The van der Waals surface area contributed by atoms with Gasteiger partial charge in [0.15, 0.2) is 26.1 Å². The van der Waals surface area contributed by atoms with E-state index in [-0.39, 0.29) is 40.6 Å². The summed E-state index contributed by atoms with van der Waals surface area (Å²) in [6.45, 7) is 21.0. The SMILES string of the molecule is CO[Si](O[C@H]1[C@@H](O)[C@H](n2cnc3c(Cl)nc(NC(=O)C(C)C)nc32)O[C@@H]1CO[SiH](C(C)C)C(C)C)(C(C)C)C(C)C. The summed E-state index contributed by atoms with van der Waals surface area (Å²) in [5, 5.41) is 14.6. The lowest BCUT2D eigenvalue weighted by Crippen LogP contribution is -2.54. The molecule has 1 saturated heterocycles. The van der Waals surface area contributed by atoms with Crippen molar-refractivity contribution in [3.8, 4) is 0 Å². The van der Waals surface area contributed by atoms with Gasteiger partial charge in [0.25, 0.3) is 0 Å². The predicted molar refractivity (Wildman–Crippen MR) is 165 cm³/mol. The van der Waals surface area contributed by atoms with Crippen molar-refractivity contribution >= 4 is 52.2 Å². The second-order valence-electron chi connectivity index (χ2n) is 12.5. The topological polar surface area (TPSA) is 130 Å². The number of carbonyl (C=O) groups is 1. The minimum atomic E-state index is -2.79. The molecule has 1 amide bonds. The van der Waals surface area contributed by atoms with Gasteiger partial charge in [0, 0.05) is 13.0 Å². The van der Waals surface area contributed by atoms with Gasteiger partial charge in [-0.1, -0.05) is 80.8 Å². The Balaban J connectivity index is 2.03. The molecular formula is C27H48ClN5O6Si2. The van der Waals surface area contributed by atoms with Crippen LogP contribution in [0.1, 0.15) is 75.5 Å². The molecule has 0 bridgehead atoms. The first kappa shape index (κ1) is 34.0. The number of carbonyl (C=O) groups excluding carboxylic acids is 1. The van der Waals surface area contributed by atoms with Crippen molar-refractivity contribution in [2.24, 2.45) is 5.92 Å². The number of rotatable bonds is 13. The molecule has 0 saturated carbocycles. The quantitative estimate of drug-likeness (QED) is 0.227. The van der Waals surface area contributed by atoms with Gasteiger partial charge in [-0.15, -0.1) is 0 Å². The van der Waals surface area contributed by atoms with Gasteiger partial charge >= 0.3 is 8.56 Å². The molecular weight excluding hydrogens is 582 g/mol. The van der Waals surface area contributed by atoms with Crippen LogP contribution in [0.3, 0.4) is 0 Å². The molecule has 2 aromatic rings. The summed E-state index contributed by atoms with van der Waals surface area (Å²) in [7, 11) is -2.68. The maximum atomic E-state index is 12.3. The Kier molecular flexibility index (Phi) is 11.5. The van der Waals surface area contributed by atoms with Crippen LogP contribution in [0.4, 0.5) is 5.95 Å². The highest BCUT2D eigenvalue weighted by Gasteiger charge is 2.54. The first-order valence-electron chi connectivity index (χ1n) is 14.5. The first-order valence-corrected chi connectivity index (χ1v) is 18.7. The molecule has 0 unspecified atom stereocenters. The fourth-order valence-electron chi connectivity index (χ4n) is 5.64. The average molecular weight is 630 g/mol. The number of aliphatic hydroxyl groups is 1. The Labute approximate surface area is 251 Å². The number of ether oxygens (including phenoxy) is 1. The smallest absolute Gasteiger partial charge is 0.343 e. The van der Waals surface area contributed by atoms with Gasteiger partial charge in [0.05, 0.1) is 12.9 Å². The number of aliphatic hydroxyl groups excluding tert-OH is 1. The number of imidazole rings is 1. The number of fused-ring (bicyclic) bond motifs is 1. The molecule has 0 aromatic carbocycles. The molecule has 3 rings (SSSR count). The van der Waals surface area contributed by atoms with Crippen LogP contribution in [0.2, 0.25) is 27.3 Å². The van der Waals surface area contributed by atoms with Crippen molar-refractivity contribution in [1.29, 1.82) is 0 Å². The van der Waals surface area contributed by atoms with Gasteiger partial charge in [-0.05, 0) is 22.2 Å². The summed E-state index contributed by atoms with van der Waals surface area (Å²) >= 11 is 6.43. The maximum Gasteiger partial charge on any atom is 0.343 e. The summed E-state index contributed by atoms with van der Waals surface area (Å²) in [4.78, 5) is 25.4. The monoisotopic (exact) mass is 629 g/mol. The van der Waals surface area contributed by atoms with Crippen LogP contribution >= 0.6 is 11.6 Å². The standard InChI is InChI=1S/C27H48ClN5O6Si2/c1-14(2)25(35)32-27-30-23(28)20-24(31-27)33(13-29-20)26-21(34)22(39-41(36-11,17(7)8)18(9)10)19(38-26)12-37-40(15(3)4)16(5)6/h13-19,21-22,26,34,40H,12H2,1-11H3,(H,30,31,32,35)/t19-,21-,22-,26-/m1/s1. The third-order valence-corrected chi connectivity index (χ3v) is 15.7. The van der Waals surface area contributed by atoms with E-state index in [9.17, 15) is 9.90 Å². The fourth-order valence-corrected chi connectivity index (χ4v) is 12.2. The molecule has 3 heterocycles. The van der Waals surface area contributed by atoms with Crippen LogP contribution in [0.25, 0.3) is 11.2 Å². The lowest BCUT2D eigenvalue weighted by Gasteiger charge is -2.40. The van der Waals surface area contributed by atoms with Crippen molar-refractivity contribution in [1.82, 2.24) is 19.5 Å². The maximum absolute atomic E-state index is 12.3. The van der Waals surface area contributed by atoms with E-state index < -0.39 is 42.1 Å². The number of anilines is 1. The summed E-state index contributed by atoms with van der Waals surface area (Å²) in [5.41, 5.74) is 1.78. The average Bonchev–Trinajstić information content (AvgIpc) is 3.42. The summed E-state index contributed by atoms with van der Waals surface area (Å²) in [6, 6.07) is 0. The Morgan fingerprint density at radius 3 is 2.24 bits per heavy atom. The summed E-state index contributed by atoms with van der Waals surface area (Å²) in [6.07, 6.45) is -1.73. The Hall–Kier alpha value is -1.46. The van der Waals surface area contributed by atoms with Crippen molar-refractivity contribution < 1.29 is 27.9 Å². The van der Waals surface area contributed by atoms with E-state index in [1.54, 1.807) is 25.5 Å². The molecule has 14 heteroatoms. The molecule has 232 valence electrons. The van der Waals surface area contributed by atoms with E-state index in [4.69, 9.17) is 29.6 Å². The van der Waals surface area contributed by atoms with Gasteiger partial charge in [-0.25, -0.2) is 4.98 Å². The highest BCUT2D eigenvalue weighted by atomic mass is 35.5. The van der Waals surface area contributed by atoms with Crippen LogP contribution < -0.4 is 5.32 Å². The number of hydrogen-bond donors (Lipinski definition) is 2. The zero-order chi connectivity index (χ0) is 30.8. The molecule has 0 spiro atoms. The number of amides is 1. The fraction of sp³-hybridized carbons (Fsp3) is 0.778. The van der Waals surface area contributed by atoms with E-state index >= 15 is 0 Å². The van der Waals surface area contributed by atoms with Crippen molar-refractivity contribution in [3.05, 3.63) is 11.5 Å². The van der Waals surface area contributed by atoms with Crippen LogP contribution in [-0.2, 0) is 22.8 Å². The number of halogens is 1. The molecule has 0 radical (unpaired) electrons. The number of hydrogen-bond acceptors (Lipinski definition) is 9. The number of nitrogens with one attached hydrogen (secondary N) is 1. The van der Waals surface area contributed by atoms with Gasteiger partial charge in [0.2, 0.25) is 11.9 Å². The van der Waals surface area contributed by atoms with E-state index in [2.05, 4.69) is 75.7 Å². The zero-order valence-corrected chi connectivity index (χ0v) is 29.1. The van der Waals surface area contributed by atoms with E-state index in [1.165, 1.54) is 6.33 Å². The van der Waals surface area contributed by atoms with Crippen LogP contribution in [0.15, 0.2) is 6.33 Å². The lowest BCUT2D eigenvalue weighted by molar-refractivity contribution is -0.118. The largest absolute Gasteiger partial charge is 0.417 e. The minimum absolute atomic E-state index is 0.0521. The van der Waals surface area contributed by atoms with Gasteiger partial charge in [-0.3, -0.25) is 14.7 Å². The lowest BCUT2D eigenvalue weighted by atomic mass is 10.1. The number of aromatic nitrogens is 4. The van der Waals surface area contributed by atoms with Gasteiger partial charge in [-0.2, -0.15) is 9.97 Å². The van der Waals surface area contributed by atoms with Crippen molar-refractivity contribution in [3.63, 3.8) is 0 Å². The van der Waals surface area contributed by atoms with E-state index in [0.717, 1.165) is 0 Å². The third kappa shape index (κ3) is 7.20. The second-order valence-corrected chi connectivity index (χ2v) is 21.1. The summed E-state index contributed by atoms with van der Waals surface area (Å²) in [5.74, 6) is -0.462. The Morgan fingerprint density at radius 2 is 1.73 bits per heavy atom. The number of nitrogens with zero attached hydrogens (tertiary/aromatic N) is 4.